The predicted molar refractivity (Wildman–Crippen MR) is 67.8 cm³/mol. The van der Waals surface area contributed by atoms with Crippen molar-refractivity contribution in [2.24, 2.45) is 16.7 Å². The predicted octanol–water partition coefficient (Wildman–Crippen LogP) is -0.963. The first-order chi connectivity index (χ1) is 7.04. The van der Waals surface area contributed by atoms with Crippen molar-refractivity contribution in [1.29, 1.82) is 0 Å². The van der Waals surface area contributed by atoms with Crippen molar-refractivity contribution < 1.29 is 12.4 Å². The average molecular weight is 259 g/mol. The number of hydrazone groups is 1. The van der Waals surface area contributed by atoms with Gasteiger partial charge < -0.3 is 24.0 Å². The second-order valence-corrected chi connectivity index (χ2v) is 4.63. The van der Waals surface area contributed by atoms with Gasteiger partial charge in [0, 0.05) is 5.75 Å². The molecular formula is C11H17ClN3S-. The van der Waals surface area contributed by atoms with Gasteiger partial charge in [-0.3, -0.25) is 0 Å². The molecular weight excluding hydrogens is 242 g/mol. The van der Waals surface area contributed by atoms with Crippen LogP contribution in [0.4, 0.5) is 0 Å². The van der Waals surface area contributed by atoms with Gasteiger partial charge in [0.05, 0.1) is 0 Å². The van der Waals surface area contributed by atoms with Crippen LogP contribution in [0.1, 0.15) is 22.3 Å². The molecule has 0 spiro atoms. The Morgan fingerprint density at radius 3 is 2.19 bits per heavy atom. The molecule has 5 heteroatoms. The van der Waals surface area contributed by atoms with Crippen LogP contribution in [-0.2, 0) is 5.75 Å². The third kappa shape index (κ3) is 3.94. The lowest BCUT2D eigenvalue weighted by molar-refractivity contribution is -0.00000348. The summed E-state index contributed by atoms with van der Waals surface area (Å²) in [4.78, 5) is 0. The fraction of sp³-hybridized carbons (Fsp3) is 0.364. The van der Waals surface area contributed by atoms with Gasteiger partial charge in [-0.15, -0.1) is 0 Å². The second-order valence-electron chi connectivity index (χ2n) is 3.63. The fourth-order valence-electron chi connectivity index (χ4n) is 1.62. The van der Waals surface area contributed by atoms with Crippen LogP contribution in [0.25, 0.3) is 0 Å². The number of hydrogen-bond acceptors (Lipinski definition) is 3. The smallest absolute Gasteiger partial charge is 0.177 e. The van der Waals surface area contributed by atoms with Crippen molar-refractivity contribution >= 4 is 16.9 Å². The van der Waals surface area contributed by atoms with E-state index < -0.39 is 0 Å². The molecule has 0 atom stereocenters. The highest BCUT2D eigenvalue weighted by Gasteiger charge is 2.04. The maximum atomic E-state index is 5.54. The van der Waals surface area contributed by atoms with Gasteiger partial charge in [0.1, 0.15) is 0 Å². The summed E-state index contributed by atoms with van der Waals surface area (Å²) in [5.41, 5.74) is 10.7. The lowest BCUT2D eigenvalue weighted by Crippen LogP contribution is -3.00. The summed E-state index contributed by atoms with van der Waals surface area (Å²) in [6.45, 7) is 6.34. The first kappa shape index (κ1) is 15.1. The Labute approximate surface area is 107 Å². The maximum Gasteiger partial charge on any atom is 0.177 e. The number of aryl methyl sites for hydroxylation is 3. The molecule has 0 radical (unpaired) electrons. The number of nitrogens with two attached hydrogens (primary N) is 2. The largest absolute Gasteiger partial charge is 1.00 e. The molecule has 0 saturated carbocycles. The molecule has 0 heterocycles. The van der Waals surface area contributed by atoms with E-state index in [4.69, 9.17) is 11.6 Å². The zero-order valence-corrected chi connectivity index (χ0v) is 11.3. The number of hydrogen-bond donors (Lipinski definition) is 2. The van der Waals surface area contributed by atoms with Crippen molar-refractivity contribution in [3.8, 4) is 0 Å². The lowest BCUT2D eigenvalue weighted by atomic mass is 10.0. The van der Waals surface area contributed by atoms with E-state index in [-0.39, 0.29) is 12.4 Å². The molecule has 0 amide bonds. The first-order valence-corrected chi connectivity index (χ1v) is 5.76. The van der Waals surface area contributed by atoms with E-state index in [1.165, 1.54) is 34.0 Å². The van der Waals surface area contributed by atoms with E-state index in [1.54, 1.807) is 0 Å². The lowest BCUT2D eigenvalue weighted by Gasteiger charge is -2.10. The molecule has 0 unspecified atom stereocenters. The Hall–Kier alpha value is -0.870. The van der Waals surface area contributed by atoms with E-state index in [2.05, 4.69) is 38.0 Å². The van der Waals surface area contributed by atoms with Crippen LogP contribution < -0.4 is 24.0 Å². The maximum absolute atomic E-state index is 5.54. The van der Waals surface area contributed by atoms with E-state index >= 15 is 0 Å². The molecule has 3 nitrogen and oxygen atoms in total. The Kier molecular flexibility index (Phi) is 6.29. The van der Waals surface area contributed by atoms with Gasteiger partial charge in [0.2, 0.25) is 0 Å². The van der Waals surface area contributed by atoms with Gasteiger partial charge in [-0.1, -0.05) is 29.5 Å². The van der Waals surface area contributed by atoms with Crippen molar-refractivity contribution in [2.75, 3.05) is 0 Å². The quantitative estimate of drug-likeness (QED) is 0.311. The van der Waals surface area contributed by atoms with Crippen LogP contribution in [0.5, 0.6) is 0 Å². The molecule has 0 aliphatic rings. The van der Waals surface area contributed by atoms with E-state index in [0.29, 0.717) is 5.17 Å². The van der Waals surface area contributed by atoms with Crippen molar-refractivity contribution in [3.05, 3.63) is 34.4 Å². The van der Waals surface area contributed by atoms with Crippen molar-refractivity contribution in [2.45, 2.75) is 26.5 Å². The Morgan fingerprint density at radius 2 is 1.75 bits per heavy atom. The summed E-state index contributed by atoms with van der Waals surface area (Å²) in [6, 6.07) is 4.36. The summed E-state index contributed by atoms with van der Waals surface area (Å²) in [7, 11) is 0. The monoisotopic (exact) mass is 258 g/mol. The second kappa shape index (κ2) is 6.66. The summed E-state index contributed by atoms with van der Waals surface area (Å²) >= 11 is 1.47. The molecule has 1 rings (SSSR count). The number of halogens is 1. The number of benzene rings is 1. The molecule has 90 valence electrons. The highest BCUT2D eigenvalue weighted by atomic mass is 35.5. The van der Waals surface area contributed by atoms with Crippen molar-refractivity contribution in [1.82, 2.24) is 0 Å². The zero-order chi connectivity index (χ0) is 11.4. The first-order valence-electron chi connectivity index (χ1n) is 4.77. The topological polar surface area (TPSA) is 64.4 Å². The van der Waals surface area contributed by atoms with Crippen LogP contribution in [0.2, 0.25) is 0 Å². The SMILES string of the molecule is Cc1cc(C)c(CS/C(N)=N/N)c(C)c1.[Cl-]. The molecule has 0 fully saturated rings. The minimum atomic E-state index is 0. The summed E-state index contributed by atoms with van der Waals surface area (Å²) < 4.78 is 0. The number of thioether (sulfide) groups is 1. The molecule has 0 aliphatic carbocycles. The van der Waals surface area contributed by atoms with Gasteiger partial charge in [-0.25, -0.2) is 0 Å². The highest BCUT2D eigenvalue weighted by Crippen LogP contribution is 2.21. The third-order valence-corrected chi connectivity index (χ3v) is 3.17. The van der Waals surface area contributed by atoms with Crippen LogP contribution in [0, 0.1) is 20.8 Å². The summed E-state index contributed by atoms with van der Waals surface area (Å²) in [5.74, 6) is 5.90. The number of rotatable bonds is 2. The molecule has 1 aromatic rings. The standard InChI is InChI=1S/C11H17N3S.ClH/c1-7-4-8(2)10(9(3)5-7)6-15-11(12)14-13;/h4-5H,6,13H2,1-3H3,(H2,12,14);1H/p-1. The molecule has 0 bridgehead atoms. The molecule has 0 aromatic heterocycles. The Morgan fingerprint density at radius 1 is 1.25 bits per heavy atom. The minimum absolute atomic E-state index is 0. The summed E-state index contributed by atoms with van der Waals surface area (Å²) in [5, 5.41) is 3.86. The van der Waals surface area contributed by atoms with E-state index in [9.17, 15) is 0 Å². The fourth-order valence-corrected chi connectivity index (χ4v) is 2.44. The Balaban J connectivity index is 0.00000225. The molecule has 4 N–H and O–H groups in total. The van der Waals surface area contributed by atoms with Gasteiger partial charge in [0.15, 0.2) is 5.17 Å². The minimum Gasteiger partial charge on any atom is -1.00 e. The molecule has 0 saturated heterocycles. The van der Waals surface area contributed by atoms with E-state index in [0.717, 1.165) is 5.75 Å². The van der Waals surface area contributed by atoms with Crippen LogP contribution in [0.15, 0.2) is 17.2 Å². The van der Waals surface area contributed by atoms with Crippen LogP contribution >= 0.6 is 11.8 Å². The van der Waals surface area contributed by atoms with Gasteiger partial charge in [-0.05, 0) is 37.5 Å². The van der Waals surface area contributed by atoms with Gasteiger partial charge >= 0.3 is 0 Å². The normalized spacial score (nSPS) is 11.1. The third-order valence-electron chi connectivity index (χ3n) is 2.33. The molecule has 1 aromatic carbocycles. The molecule has 0 aliphatic heterocycles. The summed E-state index contributed by atoms with van der Waals surface area (Å²) in [6.07, 6.45) is 0. The van der Waals surface area contributed by atoms with Gasteiger partial charge in [-0.2, -0.15) is 5.10 Å². The number of nitrogens with zero attached hydrogens (tertiary/aromatic N) is 1. The zero-order valence-electron chi connectivity index (χ0n) is 9.75. The van der Waals surface area contributed by atoms with Crippen LogP contribution in [-0.4, -0.2) is 5.17 Å². The Bertz CT molecular complexity index is 368. The van der Waals surface area contributed by atoms with Crippen LogP contribution in [0.3, 0.4) is 0 Å². The number of amidine groups is 1. The van der Waals surface area contributed by atoms with Crippen molar-refractivity contribution in [3.63, 3.8) is 0 Å². The average Bonchev–Trinajstić information content (AvgIpc) is 2.15. The highest BCUT2D eigenvalue weighted by molar-refractivity contribution is 8.13. The van der Waals surface area contributed by atoms with E-state index in [1.807, 2.05) is 0 Å². The molecule has 16 heavy (non-hydrogen) atoms. The van der Waals surface area contributed by atoms with Gasteiger partial charge in [0.25, 0.3) is 0 Å².